The highest BCUT2D eigenvalue weighted by Gasteiger charge is 2.60. The van der Waals surface area contributed by atoms with E-state index in [9.17, 15) is 74.6 Å². The van der Waals surface area contributed by atoms with Crippen molar-refractivity contribution in [1.82, 2.24) is 0 Å². The maximum Gasteiger partial charge on any atom is 0.472 e. The zero-order valence-corrected chi connectivity index (χ0v) is 76.9. The summed E-state index contributed by atoms with van der Waals surface area (Å²) < 4.78 is 73.6. The van der Waals surface area contributed by atoms with Crippen LogP contribution in [0.5, 0.6) is 0 Å². The van der Waals surface area contributed by atoms with Crippen molar-refractivity contribution in [3.63, 3.8) is 0 Å². The van der Waals surface area contributed by atoms with Gasteiger partial charge < -0.3 is 88.7 Å². The number of hydrogen-bond acceptors (Lipinski definition) is 24. The Balaban J connectivity index is 1.91. The lowest BCUT2D eigenvalue weighted by Gasteiger charge is -2.50. The first-order valence-electron chi connectivity index (χ1n) is 49.0. The Kier molecular flexibility index (Phi) is 67.5. The molecule has 19 unspecified atom stereocenters. The molecule has 2 aliphatic heterocycles. The lowest BCUT2D eigenvalue weighted by atomic mass is 9.84. The smallest absolute Gasteiger partial charge is 0.463 e. The maximum absolute atomic E-state index is 14.9. The van der Waals surface area contributed by atoms with Gasteiger partial charge in [-0.15, -0.1) is 0 Å². The highest BCUT2D eigenvalue weighted by Crippen LogP contribution is 2.49. The van der Waals surface area contributed by atoms with E-state index in [1.807, 2.05) is 0 Å². The fourth-order valence-corrected chi connectivity index (χ4v) is 17.2. The molecule has 25 nitrogen and oxygen atoms in total. The highest BCUT2D eigenvalue weighted by molar-refractivity contribution is 7.47. The summed E-state index contributed by atoms with van der Waals surface area (Å²) in [6.45, 7) is 7.93. The SMILES string of the molecule is CCCCCC/C=C\CCCCCCCCCC(=O)OCC1OC(OC2C(OC(=O)CCCCCCCCCCCCCCCCCC)C(O)C(O)C(OC3OC(CO)C(O)C(O)C3O)C2OP(=O)(O)OCC(COC(=O)CCCCCCCCC(C)CCCCCCCC)OC(=O)CCCCCCCCC/C=C\CCCCCC)C(O)C(O)C1O. The van der Waals surface area contributed by atoms with Gasteiger partial charge in [-0.2, -0.15) is 0 Å². The lowest BCUT2D eigenvalue weighted by molar-refractivity contribution is -0.360. The van der Waals surface area contributed by atoms with Crippen LogP contribution in [0, 0.1) is 5.92 Å². The number of aliphatic hydroxyl groups excluding tert-OH is 9. The van der Waals surface area contributed by atoms with Gasteiger partial charge in [0.05, 0.1) is 13.2 Å². The molecule has 19 atom stereocenters. The van der Waals surface area contributed by atoms with Crippen LogP contribution in [0.2, 0.25) is 0 Å². The minimum Gasteiger partial charge on any atom is -0.463 e. The Morgan fingerprint density at radius 3 is 1.07 bits per heavy atom. The summed E-state index contributed by atoms with van der Waals surface area (Å²) in [5.41, 5.74) is 0. The third-order valence-electron chi connectivity index (χ3n) is 24.1. The second-order valence-corrected chi connectivity index (χ2v) is 36.6. The van der Waals surface area contributed by atoms with Gasteiger partial charge in [0.2, 0.25) is 0 Å². The first-order valence-corrected chi connectivity index (χ1v) is 50.5. The number of carbonyl (C=O) groups is 4. The first kappa shape index (κ1) is 112. The normalized spacial score (nSPS) is 25.0. The maximum atomic E-state index is 14.9. The van der Waals surface area contributed by atoms with E-state index >= 15 is 0 Å². The quantitative estimate of drug-likeness (QED) is 0.00889. The molecular formula is C95H175O25P. The molecule has 0 bridgehead atoms. The molecule has 3 fully saturated rings. The number of esters is 4. The Morgan fingerprint density at radius 2 is 0.669 bits per heavy atom. The molecule has 710 valence electrons. The minimum atomic E-state index is -5.81. The van der Waals surface area contributed by atoms with E-state index in [1.165, 1.54) is 161 Å². The molecule has 3 rings (SSSR count). The zero-order chi connectivity index (χ0) is 88.4. The summed E-state index contributed by atoms with van der Waals surface area (Å²) in [6, 6.07) is 0. The predicted octanol–water partition coefficient (Wildman–Crippen LogP) is 18.7. The van der Waals surface area contributed by atoms with E-state index in [4.69, 9.17) is 46.9 Å². The van der Waals surface area contributed by atoms with E-state index < -0.39 is 162 Å². The van der Waals surface area contributed by atoms with Gasteiger partial charge >= 0.3 is 31.7 Å². The Bertz CT molecular complexity index is 2620. The second-order valence-electron chi connectivity index (χ2n) is 35.2. The Morgan fingerprint density at radius 1 is 0.347 bits per heavy atom. The van der Waals surface area contributed by atoms with Crippen LogP contribution in [-0.4, -0.2) is 205 Å². The standard InChI is InChI=1S/C95H175O25P/c1-6-10-14-18-22-25-28-31-34-37-40-43-46-49-57-63-69-81(100)117-90-86(105)87(106)91(118-94-88(107)84(103)82(101)76(70-96)115-94)93(92(90)119-95-89(108)85(104)83(102)77(116-95)73-112-79(98)67-61-54-47-44-41-38-35-32-29-26-23-19-15-11-7-2)120-121(109,110)113-72-75(114-80(99)68-62-56-48-45-42-39-36-33-30-27-24-20-16-12-8-3)71-111-78(97)66-60-55-51-50-53-59-65-74(5)64-58-52-21-17-13-9-4/h26-27,29-30,74-77,82-96,101-108H,6-25,28,31-73H2,1-5H3,(H,109,110)/b29-26-,30-27-. The van der Waals surface area contributed by atoms with Crippen molar-refractivity contribution in [1.29, 1.82) is 0 Å². The molecule has 0 aromatic carbocycles. The van der Waals surface area contributed by atoms with E-state index in [0.717, 1.165) is 161 Å². The highest BCUT2D eigenvalue weighted by atomic mass is 31.2. The fourth-order valence-electron chi connectivity index (χ4n) is 16.2. The number of phosphoric ester groups is 1. The van der Waals surface area contributed by atoms with Gasteiger partial charge in [0.25, 0.3) is 0 Å². The number of aliphatic hydroxyl groups is 9. The number of ether oxygens (including phenoxy) is 8. The van der Waals surface area contributed by atoms with E-state index in [1.54, 1.807) is 0 Å². The van der Waals surface area contributed by atoms with Gasteiger partial charge in [-0.05, 0) is 83.0 Å². The van der Waals surface area contributed by atoms with E-state index in [-0.39, 0.29) is 25.7 Å². The summed E-state index contributed by atoms with van der Waals surface area (Å²) in [5.74, 6) is -2.28. The molecule has 0 aromatic heterocycles. The van der Waals surface area contributed by atoms with Crippen molar-refractivity contribution in [3.05, 3.63) is 24.3 Å². The molecule has 1 saturated carbocycles. The van der Waals surface area contributed by atoms with Gasteiger partial charge in [-0.3, -0.25) is 28.2 Å². The Hall–Kier alpha value is -3.05. The van der Waals surface area contributed by atoms with Crippen LogP contribution >= 0.6 is 7.82 Å². The number of unbranched alkanes of at least 4 members (excludes halogenated alkanes) is 47. The molecule has 10 N–H and O–H groups in total. The van der Waals surface area contributed by atoms with Crippen LogP contribution < -0.4 is 0 Å². The summed E-state index contributed by atoms with van der Waals surface area (Å²) in [5, 5.41) is 103. The van der Waals surface area contributed by atoms with E-state index in [2.05, 4.69) is 58.9 Å². The van der Waals surface area contributed by atoms with Gasteiger partial charge in [0.1, 0.15) is 92.6 Å². The Labute approximate surface area is 730 Å². The summed E-state index contributed by atoms with van der Waals surface area (Å²) in [7, 11) is -5.81. The molecule has 0 amide bonds. The molecule has 2 saturated heterocycles. The molecule has 1 aliphatic carbocycles. The largest absolute Gasteiger partial charge is 0.472 e. The first-order chi connectivity index (χ1) is 58.6. The van der Waals surface area contributed by atoms with Crippen molar-refractivity contribution in [2.24, 2.45) is 5.92 Å². The van der Waals surface area contributed by atoms with Gasteiger partial charge in [-0.25, -0.2) is 4.57 Å². The molecule has 0 aromatic rings. The molecule has 26 heteroatoms. The van der Waals surface area contributed by atoms with Crippen molar-refractivity contribution in [2.75, 3.05) is 26.4 Å². The third kappa shape index (κ3) is 52.9. The average molecular weight is 1750 g/mol. The summed E-state index contributed by atoms with van der Waals surface area (Å²) in [6.07, 6.45) is 32.9. The number of carbonyl (C=O) groups excluding carboxylic acids is 4. The number of rotatable bonds is 79. The minimum absolute atomic E-state index is 0.00955. The third-order valence-corrected chi connectivity index (χ3v) is 25.1. The zero-order valence-electron chi connectivity index (χ0n) is 76.0. The number of phosphoric acid groups is 1. The second kappa shape index (κ2) is 72.8. The van der Waals surface area contributed by atoms with Gasteiger partial charge in [0, 0.05) is 25.7 Å². The molecule has 0 radical (unpaired) electrons. The van der Waals surface area contributed by atoms with Crippen LogP contribution in [0.1, 0.15) is 420 Å². The van der Waals surface area contributed by atoms with Crippen LogP contribution in [0.4, 0.5) is 0 Å². The number of hydrogen-bond donors (Lipinski definition) is 10. The topological polar surface area (TPSA) is 380 Å². The van der Waals surface area contributed by atoms with Crippen LogP contribution in [-0.2, 0) is 70.7 Å². The van der Waals surface area contributed by atoms with Crippen LogP contribution in [0.25, 0.3) is 0 Å². The molecule has 121 heavy (non-hydrogen) atoms. The van der Waals surface area contributed by atoms with Crippen molar-refractivity contribution in [2.45, 2.75) is 524 Å². The van der Waals surface area contributed by atoms with Crippen LogP contribution in [0.15, 0.2) is 24.3 Å². The predicted molar refractivity (Wildman–Crippen MR) is 472 cm³/mol. The van der Waals surface area contributed by atoms with Crippen molar-refractivity contribution in [3.8, 4) is 0 Å². The molecule has 3 aliphatic rings. The molecule has 2 heterocycles. The van der Waals surface area contributed by atoms with Crippen molar-refractivity contribution >= 4 is 31.7 Å². The van der Waals surface area contributed by atoms with Gasteiger partial charge in [-0.1, -0.05) is 341 Å². The van der Waals surface area contributed by atoms with Gasteiger partial charge in [0.15, 0.2) is 24.8 Å². The van der Waals surface area contributed by atoms with E-state index in [0.29, 0.717) is 44.4 Å². The summed E-state index contributed by atoms with van der Waals surface area (Å²) in [4.78, 5) is 66.6. The fraction of sp³-hybridized carbons (Fsp3) is 0.916. The lowest BCUT2D eigenvalue weighted by Crippen LogP contribution is -2.70. The molecular weight excluding hydrogens is 1570 g/mol. The monoisotopic (exact) mass is 1750 g/mol. The average Bonchev–Trinajstić information content (AvgIpc) is 0.753. The van der Waals surface area contributed by atoms with Crippen LogP contribution in [0.3, 0.4) is 0 Å². The number of allylic oxidation sites excluding steroid dienone is 4. The molecule has 0 spiro atoms. The van der Waals surface area contributed by atoms with Crippen molar-refractivity contribution < 1.29 is 122 Å². The summed E-state index contributed by atoms with van der Waals surface area (Å²) >= 11 is 0.